The van der Waals surface area contributed by atoms with Crippen LogP contribution < -0.4 is 21.1 Å². The van der Waals surface area contributed by atoms with E-state index in [4.69, 9.17) is 10.5 Å². The predicted molar refractivity (Wildman–Crippen MR) is 89.5 cm³/mol. The van der Waals surface area contributed by atoms with Crippen LogP contribution in [0.4, 0.5) is 10.7 Å². The molecule has 0 fully saturated rings. The number of methoxy groups -OCH3 is 1. The lowest BCUT2D eigenvalue weighted by molar-refractivity contribution is 0.0967. The molecule has 0 spiro atoms. The fraction of sp³-hybridized carbons (Fsp3) is 0.643. The number of amides is 1. The number of ether oxygens (including phenoxy) is 1. The number of likely N-dealkylation sites (N-methyl/N-ethyl adjacent to an activating group) is 1. The summed E-state index contributed by atoms with van der Waals surface area (Å²) >= 11 is 1.32. The van der Waals surface area contributed by atoms with Crippen LogP contribution in [0.1, 0.15) is 29.9 Å². The standard InChI is InChI=1S/C14H26N4O2S/c1-6-9(2)18(4)8-7-17-14-11(20-5)10(15)12(21-14)13(19)16-3/h9,17H,6-8,15H2,1-5H3,(H,16,19). The Morgan fingerprint density at radius 1 is 1.52 bits per heavy atom. The summed E-state index contributed by atoms with van der Waals surface area (Å²) < 4.78 is 5.31. The molecule has 1 atom stereocenters. The average molecular weight is 314 g/mol. The first-order chi connectivity index (χ1) is 9.96. The second-order valence-electron chi connectivity index (χ2n) is 4.95. The molecule has 6 nitrogen and oxygen atoms in total. The van der Waals surface area contributed by atoms with E-state index in [1.807, 2.05) is 0 Å². The molecular formula is C14H26N4O2S. The number of carbonyl (C=O) groups is 1. The van der Waals surface area contributed by atoms with E-state index in [2.05, 4.69) is 36.4 Å². The number of nitrogens with zero attached hydrogens (tertiary/aromatic N) is 1. The van der Waals surface area contributed by atoms with E-state index in [0.717, 1.165) is 24.5 Å². The van der Waals surface area contributed by atoms with Gasteiger partial charge in [-0.05, 0) is 20.4 Å². The summed E-state index contributed by atoms with van der Waals surface area (Å²) in [5.74, 6) is 0.352. The lowest BCUT2D eigenvalue weighted by Crippen LogP contribution is -2.32. The molecule has 1 amide bonds. The van der Waals surface area contributed by atoms with E-state index in [1.54, 1.807) is 14.2 Å². The third kappa shape index (κ3) is 4.25. The summed E-state index contributed by atoms with van der Waals surface area (Å²) in [7, 11) is 5.25. The first-order valence-corrected chi connectivity index (χ1v) is 7.90. The Bertz CT molecular complexity index is 476. The Morgan fingerprint density at radius 3 is 2.71 bits per heavy atom. The van der Waals surface area contributed by atoms with Crippen molar-refractivity contribution in [1.29, 1.82) is 0 Å². The normalized spacial score (nSPS) is 12.3. The van der Waals surface area contributed by atoms with Gasteiger partial charge < -0.3 is 26.0 Å². The third-order valence-corrected chi connectivity index (χ3v) is 4.77. The number of rotatable bonds is 8. The maximum Gasteiger partial charge on any atom is 0.263 e. The van der Waals surface area contributed by atoms with Crippen molar-refractivity contribution in [2.45, 2.75) is 26.3 Å². The summed E-state index contributed by atoms with van der Waals surface area (Å²) in [6.07, 6.45) is 1.12. The zero-order valence-electron chi connectivity index (χ0n) is 13.4. The molecule has 0 bridgehead atoms. The van der Waals surface area contributed by atoms with Crippen molar-refractivity contribution >= 4 is 27.9 Å². The monoisotopic (exact) mass is 314 g/mol. The highest BCUT2D eigenvalue weighted by atomic mass is 32.1. The fourth-order valence-corrected chi connectivity index (χ4v) is 2.97. The van der Waals surface area contributed by atoms with Crippen molar-refractivity contribution in [3.8, 4) is 5.75 Å². The molecule has 0 aliphatic rings. The van der Waals surface area contributed by atoms with Crippen molar-refractivity contribution in [3.05, 3.63) is 4.88 Å². The summed E-state index contributed by atoms with van der Waals surface area (Å²) in [5.41, 5.74) is 6.36. The molecule has 0 aliphatic heterocycles. The smallest absolute Gasteiger partial charge is 0.263 e. The van der Waals surface area contributed by atoms with Crippen LogP contribution in [0.15, 0.2) is 0 Å². The predicted octanol–water partition coefficient (Wildman–Crippen LogP) is 1.84. The second-order valence-corrected chi connectivity index (χ2v) is 5.97. The molecule has 1 aromatic rings. The van der Waals surface area contributed by atoms with E-state index in [9.17, 15) is 4.79 Å². The molecule has 0 saturated heterocycles. The molecule has 0 radical (unpaired) electrons. The lowest BCUT2D eigenvalue weighted by atomic mass is 10.2. The SMILES string of the molecule is CCC(C)N(C)CCNc1sc(C(=O)NC)c(N)c1OC. The summed E-state index contributed by atoms with van der Waals surface area (Å²) in [4.78, 5) is 14.5. The first kappa shape index (κ1) is 17.6. The molecule has 0 aliphatic carbocycles. The minimum atomic E-state index is -0.194. The summed E-state index contributed by atoms with van der Waals surface area (Å²) in [6, 6.07) is 0.545. The minimum Gasteiger partial charge on any atom is -0.492 e. The molecule has 0 aromatic carbocycles. The minimum absolute atomic E-state index is 0.194. The Balaban J connectivity index is 2.73. The van der Waals surface area contributed by atoms with Gasteiger partial charge in [0.1, 0.15) is 15.6 Å². The van der Waals surface area contributed by atoms with Gasteiger partial charge in [0.15, 0.2) is 5.75 Å². The van der Waals surface area contributed by atoms with Crippen molar-refractivity contribution in [2.24, 2.45) is 0 Å². The van der Waals surface area contributed by atoms with E-state index in [1.165, 1.54) is 11.3 Å². The summed E-state index contributed by atoms with van der Waals surface area (Å²) in [5, 5.41) is 6.69. The van der Waals surface area contributed by atoms with Gasteiger partial charge in [-0.25, -0.2) is 0 Å². The van der Waals surface area contributed by atoms with E-state index in [0.29, 0.717) is 22.4 Å². The van der Waals surface area contributed by atoms with Crippen molar-refractivity contribution in [2.75, 3.05) is 45.3 Å². The molecule has 0 saturated carbocycles. The largest absolute Gasteiger partial charge is 0.492 e. The highest BCUT2D eigenvalue weighted by Crippen LogP contribution is 2.42. The van der Waals surface area contributed by atoms with Gasteiger partial charge in [-0.2, -0.15) is 0 Å². The van der Waals surface area contributed by atoms with Crippen LogP contribution in [-0.2, 0) is 0 Å². The van der Waals surface area contributed by atoms with Gasteiger partial charge in [0.25, 0.3) is 5.91 Å². The van der Waals surface area contributed by atoms with Gasteiger partial charge in [-0.15, -0.1) is 11.3 Å². The van der Waals surface area contributed by atoms with Gasteiger partial charge in [-0.3, -0.25) is 4.79 Å². The van der Waals surface area contributed by atoms with Gasteiger partial charge in [0, 0.05) is 26.2 Å². The van der Waals surface area contributed by atoms with Gasteiger partial charge in [-0.1, -0.05) is 6.92 Å². The van der Waals surface area contributed by atoms with Crippen molar-refractivity contribution in [3.63, 3.8) is 0 Å². The maximum absolute atomic E-state index is 11.8. The quantitative estimate of drug-likeness (QED) is 0.682. The Labute approximate surface area is 130 Å². The molecule has 7 heteroatoms. The van der Waals surface area contributed by atoms with Gasteiger partial charge in [0.2, 0.25) is 0 Å². The molecule has 21 heavy (non-hydrogen) atoms. The molecule has 1 heterocycles. The van der Waals surface area contributed by atoms with Gasteiger partial charge >= 0.3 is 0 Å². The molecule has 1 rings (SSSR count). The van der Waals surface area contributed by atoms with Crippen LogP contribution in [0.5, 0.6) is 5.75 Å². The van der Waals surface area contributed by atoms with E-state index < -0.39 is 0 Å². The summed E-state index contributed by atoms with van der Waals surface area (Å²) in [6.45, 7) is 6.05. The number of nitrogens with two attached hydrogens (primary N) is 1. The number of thiophene rings is 1. The zero-order valence-corrected chi connectivity index (χ0v) is 14.3. The number of carbonyl (C=O) groups excluding carboxylic acids is 1. The highest BCUT2D eigenvalue weighted by molar-refractivity contribution is 7.19. The van der Waals surface area contributed by atoms with E-state index >= 15 is 0 Å². The van der Waals surface area contributed by atoms with Crippen molar-refractivity contribution in [1.82, 2.24) is 10.2 Å². The molecular weight excluding hydrogens is 288 g/mol. The van der Waals surface area contributed by atoms with Crippen LogP contribution in [0.25, 0.3) is 0 Å². The Kier molecular flexibility index (Phi) is 6.77. The van der Waals surface area contributed by atoms with Crippen LogP contribution in [0.2, 0.25) is 0 Å². The first-order valence-electron chi connectivity index (χ1n) is 7.08. The number of hydrogen-bond donors (Lipinski definition) is 3. The third-order valence-electron chi connectivity index (χ3n) is 3.63. The molecule has 4 N–H and O–H groups in total. The van der Waals surface area contributed by atoms with Crippen molar-refractivity contribution < 1.29 is 9.53 Å². The van der Waals surface area contributed by atoms with Crippen LogP contribution in [0, 0.1) is 0 Å². The topological polar surface area (TPSA) is 79.6 Å². The highest BCUT2D eigenvalue weighted by Gasteiger charge is 2.21. The fourth-order valence-electron chi connectivity index (χ4n) is 1.91. The van der Waals surface area contributed by atoms with E-state index in [-0.39, 0.29) is 5.91 Å². The second kappa shape index (κ2) is 8.09. The zero-order chi connectivity index (χ0) is 16.0. The van der Waals surface area contributed by atoms with Gasteiger partial charge in [0.05, 0.1) is 7.11 Å². The molecule has 1 unspecified atom stereocenters. The Morgan fingerprint density at radius 2 is 2.19 bits per heavy atom. The lowest BCUT2D eigenvalue weighted by Gasteiger charge is -2.23. The molecule has 120 valence electrons. The number of nitrogens with one attached hydrogen (secondary N) is 2. The number of hydrogen-bond acceptors (Lipinski definition) is 6. The van der Waals surface area contributed by atoms with Crippen LogP contribution in [-0.4, -0.2) is 51.1 Å². The number of anilines is 2. The Hall–Kier alpha value is -1.47. The van der Waals surface area contributed by atoms with Crippen LogP contribution >= 0.6 is 11.3 Å². The molecule has 1 aromatic heterocycles. The number of nitrogen functional groups attached to an aromatic ring is 1. The average Bonchev–Trinajstić information content (AvgIpc) is 2.81. The van der Waals surface area contributed by atoms with Crippen LogP contribution in [0.3, 0.4) is 0 Å². The maximum atomic E-state index is 11.8.